The molecule has 0 aliphatic carbocycles. The summed E-state index contributed by atoms with van der Waals surface area (Å²) in [6.07, 6.45) is 2.03. The van der Waals surface area contributed by atoms with Gasteiger partial charge in [0.1, 0.15) is 4.32 Å². The Bertz CT molecular complexity index is 925. The van der Waals surface area contributed by atoms with Crippen molar-refractivity contribution in [2.24, 2.45) is 0 Å². The molecule has 0 spiro atoms. The summed E-state index contributed by atoms with van der Waals surface area (Å²) in [4.78, 5) is 4.97. The topological polar surface area (TPSA) is 40.6 Å². The number of thiocarbonyl (C=S) groups is 1. The van der Waals surface area contributed by atoms with Gasteiger partial charge in [0, 0.05) is 38.5 Å². The number of aryl methyl sites for hydroxylation is 1. The summed E-state index contributed by atoms with van der Waals surface area (Å²) in [5.41, 5.74) is 3.68. The zero-order valence-corrected chi connectivity index (χ0v) is 18.7. The zero-order chi connectivity index (χ0) is 20.3. The van der Waals surface area contributed by atoms with Crippen molar-refractivity contribution in [2.75, 3.05) is 25.9 Å². The molecule has 0 bridgehead atoms. The highest BCUT2D eigenvalue weighted by Crippen LogP contribution is 2.20. The molecule has 2 aromatic carbocycles. The van der Waals surface area contributed by atoms with Crippen LogP contribution in [0.4, 0.5) is 0 Å². The maximum atomic E-state index is 11.7. The Morgan fingerprint density at radius 3 is 2.25 bits per heavy atom. The molecule has 1 atom stereocenters. The Morgan fingerprint density at radius 2 is 1.68 bits per heavy atom. The maximum Gasteiger partial charge on any atom is 0.175 e. The second kappa shape index (κ2) is 8.95. The molecule has 0 N–H and O–H groups in total. The molecular weight excluding hydrogens is 408 g/mol. The Balaban J connectivity index is 1.71. The molecule has 0 amide bonds. The fourth-order valence-electron chi connectivity index (χ4n) is 3.59. The molecule has 1 heterocycles. The van der Waals surface area contributed by atoms with Gasteiger partial charge in [-0.15, -0.1) is 12.6 Å². The van der Waals surface area contributed by atoms with Crippen molar-refractivity contribution < 1.29 is 8.42 Å². The summed E-state index contributed by atoms with van der Waals surface area (Å²) in [6.45, 7) is 5.69. The van der Waals surface area contributed by atoms with Gasteiger partial charge in [-0.2, -0.15) is 0 Å². The summed E-state index contributed by atoms with van der Waals surface area (Å²) in [6, 6.07) is 16.0. The van der Waals surface area contributed by atoms with Gasteiger partial charge in [0.2, 0.25) is 0 Å². The van der Waals surface area contributed by atoms with Crippen LogP contribution in [0.25, 0.3) is 0 Å². The van der Waals surface area contributed by atoms with Crippen LogP contribution in [0.15, 0.2) is 53.4 Å². The van der Waals surface area contributed by atoms with Crippen LogP contribution in [0.5, 0.6) is 0 Å². The predicted molar refractivity (Wildman–Crippen MR) is 122 cm³/mol. The SMILES string of the molecule is Cc1ccc(CN2CCN(C(=S)S)C(Cc3ccc(S(C)(=O)=O)cc3)C2)cc1. The summed E-state index contributed by atoms with van der Waals surface area (Å²) in [7, 11) is -3.18. The van der Waals surface area contributed by atoms with Gasteiger partial charge in [0.25, 0.3) is 0 Å². The summed E-state index contributed by atoms with van der Waals surface area (Å²) in [5, 5.41) is 0. The summed E-state index contributed by atoms with van der Waals surface area (Å²) < 4.78 is 24.0. The minimum atomic E-state index is -3.18. The molecule has 1 aliphatic heterocycles. The molecule has 1 saturated heterocycles. The second-order valence-electron chi connectivity index (χ2n) is 7.47. The first kappa shape index (κ1) is 21.3. The van der Waals surface area contributed by atoms with Crippen LogP contribution in [0.1, 0.15) is 16.7 Å². The lowest BCUT2D eigenvalue weighted by molar-refractivity contribution is 0.124. The van der Waals surface area contributed by atoms with Crippen molar-refractivity contribution in [1.82, 2.24) is 9.80 Å². The highest BCUT2D eigenvalue weighted by molar-refractivity contribution is 8.10. The summed E-state index contributed by atoms with van der Waals surface area (Å²) >= 11 is 9.77. The molecule has 0 saturated carbocycles. The molecule has 1 unspecified atom stereocenters. The van der Waals surface area contributed by atoms with Gasteiger partial charge in [-0.3, -0.25) is 4.90 Å². The first-order chi connectivity index (χ1) is 13.2. The zero-order valence-electron chi connectivity index (χ0n) is 16.2. The van der Waals surface area contributed by atoms with Crippen LogP contribution in [-0.2, 0) is 22.8 Å². The molecule has 0 aromatic heterocycles. The first-order valence-electron chi connectivity index (χ1n) is 9.29. The molecule has 1 aliphatic rings. The number of hydrogen-bond acceptors (Lipinski definition) is 4. The van der Waals surface area contributed by atoms with E-state index >= 15 is 0 Å². The number of thiol groups is 1. The fourth-order valence-corrected chi connectivity index (χ4v) is 4.72. The van der Waals surface area contributed by atoms with Crippen molar-refractivity contribution in [3.05, 3.63) is 65.2 Å². The molecule has 2 aromatic rings. The third kappa shape index (κ3) is 5.56. The minimum Gasteiger partial charge on any atom is -0.352 e. The first-order valence-corrected chi connectivity index (χ1v) is 12.0. The molecule has 0 radical (unpaired) electrons. The molecule has 3 rings (SSSR count). The summed E-state index contributed by atoms with van der Waals surface area (Å²) in [5.74, 6) is 0. The van der Waals surface area contributed by atoms with Crippen LogP contribution in [0, 0.1) is 6.92 Å². The number of sulfone groups is 1. The fraction of sp³-hybridized carbons (Fsp3) is 0.381. The monoisotopic (exact) mass is 434 g/mol. The van der Waals surface area contributed by atoms with Gasteiger partial charge in [-0.05, 0) is 36.6 Å². The van der Waals surface area contributed by atoms with Gasteiger partial charge in [-0.25, -0.2) is 8.42 Å². The van der Waals surface area contributed by atoms with E-state index in [-0.39, 0.29) is 6.04 Å². The van der Waals surface area contributed by atoms with Crippen molar-refractivity contribution >= 4 is 39.0 Å². The Hall–Kier alpha value is -1.41. The van der Waals surface area contributed by atoms with E-state index < -0.39 is 9.84 Å². The van der Waals surface area contributed by atoms with Gasteiger partial charge in [-0.1, -0.05) is 54.2 Å². The van der Waals surface area contributed by atoms with Crippen LogP contribution in [-0.4, -0.2) is 54.5 Å². The molecule has 150 valence electrons. The van der Waals surface area contributed by atoms with Crippen LogP contribution in [0.2, 0.25) is 0 Å². The van der Waals surface area contributed by atoms with Gasteiger partial charge >= 0.3 is 0 Å². The largest absolute Gasteiger partial charge is 0.352 e. The van der Waals surface area contributed by atoms with E-state index in [1.165, 1.54) is 17.4 Å². The molecule has 4 nitrogen and oxygen atoms in total. The normalized spacial score (nSPS) is 18.2. The third-order valence-electron chi connectivity index (χ3n) is 5.16. The lowest BCUT2D eigenvalue weighted by atomic mass is 10.0. The van der Waals surface area contributed by atoms with E-state index in [1.54, 1.807) is 12.1 Å². The van der Waals surface area contributed by atoms with Gasteiger partial charge in [0.15, 0.2) is 9.84 Å². The average Bonchev–Trinajstić information content (AvgIpc) is 2.63. The predicted octanol–water partition coefficient (Wildman–Crippen LogP) is 3.34. The highest BCUT2D eigenvalue weighted by atomic mass is 32.2. The van der Waals surface area contributed by atoms with Crippen molar-refractivity contribution in [2.45, 2.75) is 30.8 Å². The standard InChI is InChI=1S/C21H26N2O2S3/c1-16-3-5-18(6-4-16)14-22-11-12-23(21(26)27)19(15-22)13-17-7-9-20(10-8-17)28(2,24)25/h3-10,19H,11-15H2,1-2H3,(H,26,27). The Labute approximate surface area is 178 Å². The second-order valence-corrected chi connectivity index (χ2v) is 10.6. The van der Waals surface area contributed by atoms with E-state index in [2.05, 4.69) is 53.6 Å². The van der Waals surface area contributed by atoms with E-state index in [4.69, 9.17) is 12.2 Å². The van der Waals surface area contributed by atoms with Gasteiger partial charge in [0.05, 0.1) is 4.90 Å². The van der Waals surface area contributed by atoms with Crippen LogP contribution < -0.4 is 0 Å². The maximum absolute atomic E-state index is 11.7. The molecular formula is C21H26N2O2S3. The molecule has 1 fully saturated rings. The number of piperazine rings is 1. The smallest absolute Gasteiger partial charge is 0.175 e. The number of rotatable bonds is 5. The lowest BCUT2D eigenvalue weighted by Crippen LogP contribution is -2.54. The van der Waals surface area contributed by atoms with Crippen molar-refractivity contribution in [3.8, 4) is 0 Å². The van der Waals surface area contributed by atoms with Gasteiger partial charge < -0.3 is 4.90 Å². The van der Waals surface area contributed by atoms with Crippen LogP contribution >= 0.6 is 24.8 Å². The lowest BCUT2D eigenvalue weighted by Gasteiger charge is -2.42. The highest BCUT2D eigenvalue weighted by Gasteiger charge is 2.28. The number of nitrogens with zero attached hydrogens (tertiary/aromatic N) is 2. The van der Waals surface area contributed by atoms with E-state index in [9.17, 15) is 8.42 Å². The van der Waals surface area contributed by atoms with Crippen molar-refractivity contribution in [1.29, 1.82) is 0 Å². The number of hydrogen-bond donors (Lipinski definition) is 1. The Morgan fingerprint density at radius 1 is 1.07 bits per heavy atom. The molecule has 28 heavy (non-hydrogen) atoms. The van der Waals surface area contributed by atoms with E-state index in [0.29, 0.717) is 9.22 Å². The third-order valence-corrected chi connectivity index (χ3v) is 6.78. The Kier molecular flexibility index (Phi) is 6.81. The van der Waals surface area contributed by atoms with E-state index in [0.717, 1.165) is 38.2 Å². The molecule has 7 heteroatoms. The quantitative estimate of drug-likeness (QED) is 0.577. The van der Waals surface area contributed by atoms with Crippen LogP contribution in [0.3, 0.4) is 0 Å². The number of benzene rings is 2. The average molecular weight is 435 g/mol. The van der Waals surface area contributed by atoms with Crippen molar-refractivity contribution in [3.63, 3.8) is 0 Å². The van der Waals surface area contributed by atoms with E-state index in [1.807, 2.05) is 12.1 Å². The minimum absolute atomic E-state index is 0.216.